The molecule has 1 unspecified atom stereocenters. The van der Waals surface area contributed by atoms with Crippen LogP contribution in [0.2, 0.25) is 0 Å². The summed E-state index contributed by atoms with van der Waals surface area (Å²) in [4.78, 5) is 26.6. The molecule has 6 nitrogen and oxygen atoms in total. The lowest BCUT2D eigenvalue weighted by molar-refractivity contribution is -0.142. The highest BCUT2D eigenvalue weighted by Gasteiger charge is 2.37. The van der Waals surface area contributed by atoms with Crippen LogP contribution in [-0.4, -0.2) is 34.6 Å². The minimum Gasteiger partial charge on any atom is -0.480 e. The molecule has 86 valence electrons. The highest BCUT2D eigenvalue weighted by Crippen LogP contribution is 2.19. The van der Waals surface area contributed by atoms with Crippen LogP contribution < -0.4 is 10.6 Å². The Balaban J connectivity index is 2.01. The van der Waals surface area contributed by atoms with Gasteiger partial charge in [0.25, 0.3) is 0 Å². The number of aromatic nitrogens is 1. The summed E-state index contributed by atoms with van der Waals surface area (Å²) in [5.41, 5.74) is 0. The van der Waals surface area contributed by atoms with E-state index in [4.69, 9.17) is 5.11 Å². The van der Waals surface area contributed by atoms with Crippen molar-refractivity contribution < 1.29 is 14.7 Å². The van der Waals surface area contributed by atoms with E-state index in [2.05, 4.69) is 15.6 Å². The quantitative estimate of drug-likeness (QED) is 0.700. The van der Waals surface area contributed by atoms with Crippen LogP contribution in [0.5, 0.6) is 0 Å². The highest BCUT2D eigenvalue weighted by atomic mass is 32.1. The third kappa shape index (κ3) is 2.20. The maximum Gasteiger partial charge on any atom is 0.321 e. The van der Waals surface area contributed by atoms with Gasteiger partial charge in [-0.3, -0.25) is 9.59 Å². The average molecular weight is 241 g/mol. The van der Waals surface area contributed by atoms with E-state index in [1.807, 2.05) is 0 Å². The fraction of sp³-hybridized carbons (Fsp3) is 0.444. The van der Waals surface area contributed by atoms with E-state index in [1.54, 1.807) is 11.6 Å². The summed E-state index contributed by atoms with van der Waals surface area (Å²) in [6.45, 7) is 0.549. The van der Waals surface area contributed by atoms with Crippen LogP contribution in [0.4, 0.5) is 5.13 Å². The summed E-state index contributed by atoms with van der Waals surface area (Å²) in [6.07, 6.45) is 2.12. The van der Waals surface area contributed by atoms with E-state index in [9.17, 15) is 9.59 Å². The third-order valence-corrected chi connectivity index (χ3v) is 3.18. The van der Waals surface area contributed by atoms with Crippen LogP contribution in [0.25, 0.3) is 0 Å². The maximum absolute atomic E-state index is 11.8. The normalized spacial score (nSPS) is 24.2. The second kappa shape index (κ2) is 4.58. The first-order valence-electron chi connectivity index (χ1n) is 4.85. The van der Waals surface area contributed by atoms with Gasteiger partial charge in [-0.15, -0.1) is 11.3 Å². The molecule has 1 aliphatic heterocycles. The lowest BCUT2D eigenvalue weighted by Gasteiger charge is -2.13. The van der Waals surface area contributed by atoms with Crippen molar-refractivity contribution in [2.75, 3.05) is 11.9 Å². The molecule has 7 heteroatoms. The largest absolute Gasteiger partial charge is 0.480 e. The minimum atomic E-state index is -0.989. The Hall–Kier alpha value is -1.47. The van der Waals surface area contributed by atoms with E-state index >= 15 is 0 Å². The smallest absolute Gasteiger partial charge is 0.321 e. The highest BCUT2D eigenvalue weighted by molar-refractivity contribution is 7.13. The molecular formula is C9H11N3O3S. The summed E-state index contributed by atoms with van der Waals surface area (Å²) in [5.74, 6) is -1.80. The van der Waals surface area contributed by atoms with Crippen molar-refractivity contribution >= 4 is 28.3 Å². The molecule has 0 aliphatic carbocycles. The summed E-state index contributed by atoms with van der Waals surface area (Å²) in [6, 6.07) is -0.792. The molecule has 2 rings (SSSR count). The van der Waals surface area contributed by atoms with E-state index in [0.717, 1.165) is 0 Å². The SMILES string of the molecule is O=C(Nc1nccs1)C1CCN[C@@H]1C(=O)O. The fourth-order valence-electron chi connectivity index (χ4n) is 1.73. The second-order valence-corrected chi connectivity index (χ2v) is 4.39. The van der Waals surface area contributed by atoms with Gasteiger partial charge >= 0.3 is 5.97 Å². The molecule has 16 heavy (non-hydrogen) atoms. The molecule has 2 atom stereocenters. The Morgan fingerprint density at radius 1 is 1.62 bits per heavy atom. The van der Waals surface area contributed by atoms with E-state index in [0.29, 0.717) is 18.1 Å². The van der Waals surface area contributed by atoms with Gasteiger partial charge in [0.15, 0.2) is 5.13 Å². The molecule has 2 heterocycles. The predicted molar refractivity (Wildman–Crippen MR) is 58.3 cm³/mol. The predicted octanol–water partition coefficient (Wildman–Crippen LogP) is 0.144. The van der Waals surface area contributed by atoms with Crippen LogP contribution in [0.1, 0.15) is 6.42 Å². The number of nitrogens with one attached hydrogen (secondary N) is 2. The molecule has 3 N–H and O–H groups in total. The van der Waals surface area contributed by atoms with Gasteiger partial charge in [0.05, 0.1) is 5.92 Å². The number of carboxylic acids is 1. The van der Waals surface area contributed by atoms with Crippen molar-refractivity contribution in [2.24, 2.45) is 5.92 Å². The second-order valence-electron chi connectivity index (χ2n) is 3.49. The van der Waals surface area contributed by atoms with Gasteiger partial charge in [-0.2, -0.15) is 0 Å². The molecule has 1 amide bonds. The fourth-order valence-corrected chi connectivity index (χ4v) is 2.26. The zero-order valence-corrected chi connectivity index (χ0v) is 9.16. The van der Waals surface area contributed by atoms with Gasteiger partial charge in [0.1, 0.15) is 6.04 Å². The van der Waals surface area contributed by atoms with Crippen LogP contribution >= 0.6 is 11.3 Å². The molecule has 0 spiro atoms. The number of nitrogens with zero attached hydrogens (tertiary/aromatic N) is 1. The number of carbonyl (C=O) groups is 2. The standard InChI is InChI=1S/C9H11N3O3S/c13-7(12-9-11-3-4-16-9)5-1-2-10-6(5)8(14)15/h3-6,10H,1-2H2,(H,14,15)(H,11,12,13)/t5?,6-/m0/s1. The zero-order valence-electron chi connectivity index (χ0n) is 8.34. The first kappa shape index (κ1) is 11.0. The minimum absolute atomic E-state index is 0.285. The Morgan fingerprint density at radius 3 is 3.06 bits per heavy atom. The molecule has 0 radical (unpaired) electrons. The van der Waals surface area contributed by atoms with E-state index in [-0.39, 0.29) is 5.91 Å². The lowest BCUT2D eigenvalue weighted by Crippen LogP contribution is -2.40. The van der Waals surface area contributed by atoms with Crippen molar-refractivity contribution in [3.8, 4) is 0 Å². The van der Waals surface area contributed by atoms with Crippen molar-refractivity contribution in [3.05, 3.63) is 11.6 Å². The summed E-state index contributed by atoms with van der Waals surface area (Å²) < 4.78 is 0. The van der Waals surface area contributed by atoms with Crippen LogP contribution in [-0.2, 0) is 9.59 Å². The molecule has 0 bridgehead atoms. The maximum atomic E-state index is 11.8. The molecule has 0 aromatic carbocycles. The number of rotatable bonds is 3. The number of thiazole rings is 1. The average Bonchev–Trinajstić information content (AvgIpc) is 2.86. The molecule has 1 aromatic heterocycles. The molecule has 1 saturated heterocycles. The summed E-state index contributed by atoms with van der Waals surface area (Å²) in [5, 5.41) is 16.6. The third-order valence-electron chi connectivity index (χ3n) is 2.49. The number of aliphatic carboxylic acids is 1. The van der Waals surface area contributed by atoms with Crippen LogP contribution in [0.3, 0.4) is 0 Å². The number of anilines is 1. The molecule has 0 saturated carbocycles. The van der Waals surface area contributed by atoms with Gasteiger partial charge in [-0.1, -0.05) is 0 Å². The Bertz CT molecular complexity index is 393. The van der Waals surface area contributed by atoms with Gasteiger partial charge in [0.2, 0.25) is 5.91 Å². The monoisotopic (exact) mass is 241 g/mol. The van der Waals surface area contributed by atoms with Crippen molar-refractivity contribution in [3.63, 3.8) is 0 Å². The zero-order chi connectivity index (χ0) is 11.5. The van der Waals surface area contributed by atoms with E-state index < -0.39 is 17.9 Å². The summed E-state index contributed by atoms with van der Waals surface area (Å²) in [7, 11) is 0. The first-order valence-corrected chi connectivity index (χ1v) is 5.73. The molecule has 1 aromatic rings. The number of hydrogen-bond donors (Lipinski definition) is 3. The molecular weight excluding hydrogens is 230 g/mol. The Labute approximate surface area is 95.7 Å². The summed E-state index contributed by atoms with van der Waals surface area (Å²) >= 11 is 1.31. The molecule has 1 fully saturated rings. The van der Waals surface area contributed by atoms with Crippen LogP contribution in [0, 0.1) is 5.92 Å². The van der Waals surface area contributed by atoms with Crippen molar-refractivity contribution in [1.29, 1.82) is 0 Å². The van der Waals surface area contributed by atoms with Crippen LogP contribution in [0.15, 0.2) is 11.6 Å². The van der Waals surface area contributed by atoms with Gasteiger partial charge < -0.3 is 15.7 Å². The number of hydrogen-bond acceptors (Lipinski definition) is 5. The van der Waals surface area contributed by atoms with Gasteiger partial charge in [-0.05, 0) is 13.0 Å². The number of amides is 1. The van der Waals surface area contributed by atoms with Gasteiger partial charge in [-0.25, -0.2) is 4.98 Å². The topological polar surface area (TPSA) is 91.3 Å². The van der Waals surface area contributed by atoms with Crippen molar-refractivity contribution in [2.45, 2.75) is 12.5 Å². The number of carboxylic acid groups (broad SMARTS) is 1. The van der Waals surface area contributed by atoms with Gasteiger partial charge in [0, 0.05) is 11.6 Å². The Morgan fingerprint density at radius 2 is 2.44 bits per heavy atom. The molecule has 1 aliphatic rings. The Kier molecular flexibility index (Phi) is 3.16. The van der Waals surface area contributed by atoms with Crippen molar-refractivity contribution in [1.82, 2.24) is 10.3 Å². The number of carbonyl (C=O) groups excluding carboxylic acids is 1. The first-order chi connectivity index (χ1) is 7.68. The lowest BCUT2D eigenvalue weighted by atomic mass is 10.00. The van der Waals surface area contributed by atoms with E-state index in [1.165, 1.54) is 11.3 Å².